The maximum absolute atomic E-state index is 6.03. The lowest BCUT2D eigenvalue weighted by Crippen LogP contribution is -1.90. The zero-order valence-electron chi connectivity index (χ0n) is 8.18. The lowest BCUT2D eigenvalue weighted by Gasteiger charge is -2.08. The maximum Gasteiger partial charge on any atom is 0.0642 e. The van der Waals surface area contributed by atoms with Crippen LogP contribution in [0.15, 0.2) is 42.5 Å². The highest BCUT2D eigenvalue weighted by Gasteiger charge is 2.01. The van der Waals surface area contributed by atoms with Gasteiger partial charge in [-0.15, -0.1) is 0 Å². The van der Waals surface area contributed by atoms with E-state index in [0.29, 0.717) is 15.1 Å². The first-order valence-corrected chi connectivity index (χ1v) is 5.76. The van der Waals surface area contributed by atoms with Crippen LogP contribution in [-0.4, -0.2) is 0 Å². The van der Waals surface area contributed by atoms with E-state index in [4.69, 9.17) is 34.8 Å². The summed E-state index contributed by atoms with van der Waals surface area (Å²) < 4.78 is 0. The minimum absolute atomic E-state index is 0.624. The van der Waals surface area contributed by atoms with Crippen molar-refractivity contribution in [2.45, 2.75) is 0 Å². The highest BCUT2D eigenvalue weighted by molar-refractivity contribution is 6.35. The molecule has 2 aromatic carbocycles. The Balaban J connectivity index is 2.26. The molecule has 2 aromatic rings. The largest absolute Gasteiger partial charge is 0.354 e. The van der Waals surface area contributed by atoms with Crippen LogP contribution in [0.1, 0.15) is 0 Å². The summed E-state index contributed by atoms with van der Waals surface area (Å²) in [6.45, 7) is 0. The fourth-order valence-electron chi connectivity index (χ4n) is 1.28. The SMILES string of the molecule is Clc1ccc(Nc2cc(Cl)ccc2Cl)cc1. The van der Waals surface area contributed by atoms with Crippen LogP contribution >= 0.6 is 34.8 Å². The van der Waals surface area contributed by atoms with Gasteiger partial charge in [0.05, 0.1) is 10.7 Å². The average Bonchev–Trinajstić information content (AvgIpc) is 2.27. The van der Waals surface area contributed by atoms with E-state index >= 15 is 0 Å². The fourth-order valence-corrected chi connectivity index (χ4v) is 1.74. The highest BCUT2D eigenvalue weighted by atomic mass is 35.5. The number of hydrogen-bond acceptors (Lipinski definition) is 1. The molecule has 0 unspecified atom stereocenters. The Kier molecular flexibility index (Phi) is 3.59. The van der Waals surface area contributed by atoms with Gasteiger partial charge in [-0.2, -0.15) is 0 Å². The van der Waals surface area contributed by atoms with E-state index in [-0.39, 0.29) is 0 Å². The van der Waals surface area contributed by atoms with Gasteiger partial charge in [0.15, 0.2) is 0 Å². The molecule has 0 aliphatic carbocycles. The van der Waals surface area contributed by atoms with Crippen LogP contribution in [0.2, 0.25) is 15.1 Å². The molecule has 2 rings (SSSR count). The molecule has 0 fully saturated rings. The van der Waals surface area contributed by atoms with Crippen LogP contribution < -0.4 is 5.32 Å². The first kappa shape index (κ1) is 11.6. The van der Waals surface area contributed by atoms with Crippen LogP contribution in [0.25, 0.3) is 0 Å². The van der Waals surface area contributed by atoms with Crippen molar-refractivity contribution in [2.75, 3.05) is 5.32 Å². The standard InChI is InChI=1S/C12H8Cl3N/c13-8-1-4-10(5-2-8)16-12-7-9(14)3-6-11(12)15/h1-7,16H. The second-order valence-electron chi connectivity index (χ2n) is 3.26. The molecule has 1 N–H and O–H groups in total. The molecule has 0 atom stereocenters. The third-order valence-electron chi connectivity index (χ3n) is 2.05. The number of hydrogen-bond donors (Lipinski definition) is 1. The van der Waals surface area contributed by atoms with Crippen molar-refractivity contribution in [1.82, 2.24) is 0 Å². The Labute approximate surface area is 109 Å². The van der Waals surface area contributed by atoms with E-state index in [1.54, 1.807) is 18.2 Å². The van der Waals surface area contributed by atoms with Gasteiger partial charge in [0.1, 0.15) is 0 Å². The van der Waals surface area contributed by atoms with E-state index in [1.165, 1.54) is 0 Å². The number of benzene rings is 2. The topological polar surface area (TPSA) is 12.0 Å². The van der Waals surface area contributed by atoms with Crippen LogP contribution in [0.3, 0.4) is 0 Å². The van der Waals surface area contributed by atoms with E-state index in [2.05, 4.69) is 5.32 Å². The van der Waals surface area contributed by atoms with Crippen molar-refractivity contribution in [2.24, 2.45) is 0 Å². The van der Waals surface area contributed by atoms with Crippen LogP contribution in [-0.2, 0) is 0 Å². The number of nitrogens with one attached hydrogen (secondary N) is 1. The van der Waals surface area contributed by atoms with Crippen LogP contribution in [0, 0.1) is 0 Å². The summed E-state index contributed by atoms with van der Waals surface area (Å²) in [4.78, 5) is 0. The Morgan fingerprint density at radius 2 is 1.38 bits per heavy atom. The molecule has 4 heteroatoms. The summed E-state index contributed by atoms with van der Waals surface area (Å²) in [6, 6.07) is 12.6. The first-order valence-electron chi connectivity index (χ1n) is 4.63. The highest BCUT2D eigenvalue weighted by Crippen LogP contribution is 2.28. The minimum Gasteiger partial charge on any atom is -0.354 e. The molecule has 0 bridgehead atoms. The molecule has 0 aliphatic heterocycles. The number of halogens is 3. The molecular weight excluding hydrogens is 264 g/mol. The minimum atomic E-state index is 0.624. The second kappa shape index (κ2) is 4.96. The number of anilines is 2. The van der Waals surface area contributed by atoms with Crippen LogP contribution in [0.4, 0.5) is 11.4 Å². The predicted octanol–water partition coefficient (Wildman–Crippen LogP) is 5.39. The lowest BCUT2D eigenvalue weighted by molar-refractivity contribution is 1.55. The smallest absolute Gasteiger partial charge is 0.0642 e. The predicted molar refractivity (Wildman–Crippen MR) is 71.2 cm³/mol. The zero-order valence-corrected chi connectivity index (χ0v) is 10.4. The van der Waals surface area contributed by atoms with Crippen molar-refractivity contribution in [1.29, 1.82) is 0 Å². The second-order valence-corrected chi connectivity index (χ2v) is 4.54. The summed E-state index contributed by atoms with van der Waals surface area (Å²) in [5.41, 5.74) is 1.69. The van der Waals surface area contributed by atoms with E-state index in [9.17, 15) is 0 Å². The van der Waals surface area contributed by atoms with Gasteiger partial charge in [-0.25, -0.2) is 0 Å². The lowest BCUT2D eigenvalue weighted by atomic mass is 10.2. The molecule has 1 nitrogen and oxygen atoms in total. The Morgan fingerprint density at radius 1 is 0.750 bits per heavy atom. The van der Waals surface area contributed by atoms with Crippen molar-refractivity contribution in [3.63, 3.8) is 0 Å². The molecule has 82 valence electrons. The third-order valence-corrected chi connectivity index (χ3v) is 2.87. The Morgan fingerprint density at radius 3 is 2.06 bits per heavy atom. The first-order chi connectivity index (χ1) is 7.65. The van der Waals surface area contributed by atoms with Gasteiger partial charge in [-0.1, -0.05) is 34.8 Å². The van der Waals surface area contributed by atoms with Gasteiger partial charge in [0, 0.05) is 15.7 Å². The fraction of sp³-hybridized carbons (Fsp3) is 0. The zero-order chi connectivity index (χ0) is 11.5. The summed E-state index contributed by atoms with van der Waals surface area (Å²) in [7, 11) is 0. The van der Waals surface area contributed by atoms with E-state index in [0.717, 1.165) is 11.4 Å². The summed E-state index contributed by atoms with van der Waals surface area (Å²) in [5, 5.41) is 5.13. The van der Waals surface area contributed by atoms with E-state index < -0.39 is 0 Å². The van der Waals surface area contributed by atoms with Gasteiger partial charge in [-0.3, -0.25) is 0 Å². The molecule has 0 heterocycles. The van der Waals surface area contributed by atoms with Gasteiger partial charge in [0.2, 0.25) is 0 Å². The molecule has 0 saturated carbocycles. The van der Waals surface area contributed by atoms with E-state index in [1.807, 2.05) is 24.3 Å². The van der Waals surface area contributed by atoms with Crippen molar-refractivity contribution < 1.29 is 0 Å². The average molecular weight is 273 g/mol. The molecule has 0 radical (unpaired) electrons. The summed E-state index contributed by atoms with van der Waals surface area (Å²) in [6.07, 6.45) is 0. The van der Waals surface area contributed by atoms with Gasteiger partial charge in [0.25, 0.3) is 0 Å². The summed E-state index contributed by atoms with van der Waals surface area (Å²) in [5.74, 6) is 0. The Hall–Kier alpha value is -0.890. The quantitative estimate of drug-likeness (QED) is 0.773. The van der Waals surface area contributed by atoms with Gasteiger partial charge < -0.3 is 5.32 Å². The van der Waals surface area contributed by atoms with Crippen LogP contribution in [0.5, 0.6) is 0 Å². The number of rotatable bonds is 2. The Bertz CT molecular complexity index is 494. The summed E-state index contributed by atoms with van der Waals surface area (Å²) >= 11 is 17.7. The molecule has 0 aromatic heterocycles. The molecule has 0 amide bonds. The molecule has 0 spiro atoms. The van der Waals surface area contributed by atoms with Crippen molar-refractivity contribution in [3.8, 4) is 0 Å². The van der Waals surface area contributed by atoms with Gasteiger partial charge in [-0.05, 0) is 42.5 Å². The third kappa shape index (κ3) is 2.82. The van der Waals surface area contributed by atoms with Crippen molar-refractivity contribution >= 4 is 46.2 Å². The van der Waals surface area contributed by atoms with Gasteiger partial charge >= 0.3 is 0 Å². The maximum atomic E-state index is 6.03. The normalized spacial score (nSPS) is 10.2. The molecule has 16 heavy (non-hydrogen) atoms. The molecule has 0 aliphatic rings. The molecular formula is C12H8Cl3N. The monoisotopic (exact) mass is 271 g/mol. The van der Waals surface area contributed by atoms with Crippen molar-refractivity contribution in [3.05, 3.63) is 57.5 Å². The molecule has 0 saturated heterocycles.